The van der Waals surface area contributed by atoms with E-state index in [4.69, 9.17) is 21.1 Å². The molecule has 0 radical (unpaired) electrons. The number of halogens is 1. The maximum absolute atomic E-state index is 14.8. The molecule has 0 unspecified atom stereocenters. The summed E-state index contributed by atoms with van der Waals surface area (Å²) in [5.74, 6) is 1.34. The van der Waals surface area contributed by atoms with E-state index < -0.39 is 15.8 Å². The van der Waals surface area contributed by atoms with Crippen LogP contribution in [0.1, 0.15) is 60.5 Å². The fraction of sp³-hybridized carbons (Fsp3) is 0.474. The summed E-state index contributed by atoms with van der Waals surface area (Å²) >= 11 is 6.47. The largest absolute Gasteiger partial charge is 0.490 e. The third-order valence-corrected chi connectivity index (χ3v) is 13.5. The van der Waals surface area contributed by atoms with Crippen molar-refractivity contribution in [2.75, 3.05) is 42.2 Å². The van der Waals surface area contributed by atoms with Crippen LogP contribution in [0, 0.1) is 17.8 Å². The van der Waals surface area contributed by atoms with Crippen LogP contribution in [0.15, 0.2) is 65.4 Å². The van der Waals surface area contributed by atoms with Crippen molar-refractivity contribution in [1.82, 2.24) is 19.7 Å². The Labute approximate surface area is 304 Å². The number of fused-ring (bicyclic) bond motifs is 5. The Morgan fingerprint density at radius 1 is 1.16 bits per heavy atom. The van der Waals surface area contributed by atoms with Gasteiger partial charge in [-0.2, -0.15) is 5.10 Å². The molecule has 2 bridgehead atoms. The van der Waals surface area contributed by atoms with Gasteiger partial charge < -0.3 is 14.4 Å². The molecule has 1 saturated carbocycles. The Kier molecular flexibility index (Phi) is 9.04. The number of hydrogen-bond acceptors (Lipinski definition) is 8. The van der Waals surface area contributed by atoms with Gasteiger partial charge in [0.15, 0.2) is 11.5 Å². The van der Waals surface area contributed by atoms with E-state index in [1.165, 1.54) is 17.5 Å². The highest BCUT2D eigenvalue weighted by Crippen LogP contribution is 2.47. The van der Waals surface area contributed by atoms with Gasteiger partial charge in [-0.15, -0.1) is 4.36 Å². The average molecular weight is 730 g/mol. The van der Waals surface area contributed by atoms with Gasteiger partial charge in [0.1, 0.15) is 22.0 Å². The van der Waals surface area contributed by atoms with Crippen molar-refractivity contribution in [3.8, 4) is 5.75 Å². The summed E-state index contributed by atoms with van der Waals surface area (Å²) in [6, 6.07) is 11.8. The zero-order valence-corrected chi connectivity index (χ0v) is 30.8. The van der Waals surface area contributed by atoms with Gasteiger partial charge in [0.05, 0.1) is 35.7 Å². The van der Waals surface area contributed by atoms with Gasteiger partial charge >= 0.3 is 0 Å². The number of hydrogen-bond donors (Lipinski definition) is 1. The normalized spacial score (nSPS) is 30.0. The van der Waals surface area contributed by atoms with Gasteiger partial charge in [-0.25, -0.2) is 14.2 Å². The van der Waals surface area contributed by atoms with E-state index in [0.717, 1.165) is 61.7 Å². The van der Waals surface area contributed by atoms with Crippen LogP contribution >= 0.6 is 11.6 Å². The van der Waals surface area contributed by atoms with Crippen LogP contribution in [-0.4, -0.2) is 68.5 Å². The van der Waals surface area contributed by atoms with Crippen molar-refractivity contribution in [1.29, 1.82) is 0 Å². The van der Waals surface area contributed by atoms with E-state index in [0.29, 0.717) is 47.3 Å². The first-order chi connectivity index (χ1) is 24.6. The lowest BCUT2D eigenvalue weighted by Crippen LogP contribution is -2.49. The minimum atomic E-state index is -3.35. The molecule has 51 heavy (non-hydrogen) atoms. The van der Waals surface area contributed by atoms with E-state index >= 15 is 0 Å². The Balaban J connectivity index is 1.22. The first-order valence-electron chi connectivity index (χ1n) is 17.8. The molecular weight excluding hydrogens is 686 g/mol. The quantitative estimate of drug-likeness (QED) is 0.230. The zero-order valence-electron chi connectivity index (χ0n) is 29.3. The van der Waals surface area contributed by atoms with Crippen LogP contribution in [0.4, 0.5) is 11.5 Å². The van der Waals surface area contributed by atoms with Crippen molar-refractivity contribution >= 4 is 50.0 Å². The number of amides is 1. The molecule has 11 nitrogen and oxygen atoms in total. The second-order valence-electron chi connectivity index (χ2n) is 14.8. The highest BCUT2D eigenvalue weighted by molar-refractivity contribution is 7.95. The molecule has 4 aliphatic rings. The van der Waals surface area contributed by atoms with Gasteiger partial charge in [-0.1, -0.05) is 36.7 Å². The predicted octanol–water partition coefficient (Wildman–Crippen LogP) is 6.76. The summed E-state index contributed by atoms with van der Waals surface area (Å²) in [6.45, 7) is 4.09. The molecule has 268 valence electrons. The lowest BCUT2D eigenvalue weighted by molar-refractivity contribution is 0.0131. The number of anilines is 2. The molecule has 1 fully saturated rings. The molecule has 0 saturated heterocycles. The van der Waals surface area contributed by atoms with Gasteiger partial charge in [-0.3, -0.25) is 14.2 Å². The molecule has 6 atom stereocenters. The molecule has 2 aromatic carbocycles. The Bertz CT molecular complexity index is 2150. The Morgan fingerprint density at radius 2 is 2.04 bits per heavy atom. The first-order valence-corrected chi connectivity index (χ1v) is 19.9. The van der Waals surface area contributed by atoms with Crippen molar-refractivity contribution in [3.63, 3.8) is 0 Å². The molecule has 4 heterocycles. The Hall–Kier alpha value is -4.00. The highest BCUT2D eigenvalue weighted by atomic mass is 35.5. The fourth-order valence-corrected chi connectivity index (χ4v) is 10.7. The number of ether oxygens (including phenoxy) is 2. The lowest BCUT2D eigenvalue weighted by atomic mass is 9.68. The number of nitrogens with zero attached hydrogens (tertiary/aromatic N) is 6. The molecule has 2 aliphatic heterocycles. The topological polar surface area (TPSA) is 124 Å². The SMILES string of the molecule is CO[C@H]1/C=C/C[C@H](C)C[S@@](=O)(Nc2ncnc3c2cnn3C)=NC(=O)c2ccc3c(c2)N(C[C@@H]2CC[C@H]21)C[C@@]1(CCCc2cc(Cl)ccc21)CO3. The van der Waals surface area contributed by atoms with Crippen LogP contribution in [-0.2, 0) is 33.5 Å². The number of aromatic nitrogens is 4. The highest BCUT2D eigenvalue weighted by Gasteiger charge is 2.44. The molecule has 2 aromatic heterocycles. The van der Waals surface area contributed by atoms with Gasteiger partial charge in [0, 0.05) is 43.2 Å². The number of allylic oxidation sites excluding steroid dienone is 1. The average Bonchev–Trinajstić information content (AvgIpc) is 3.41. The molecule has 8 rings (SSSR count). The van der Waals surface area contributed by atoms with Gasteiger partial charge in [-0.05, 0) is 97.7 Å². The second-order valence-corrected chi connectivity index (χ2v) is 17.2. The molecule has 1 amide bonds. The smallest absolute Gasteiger partial charge is 0.286 e. The summed E-state index contributed by atoms with van der Waals surface area (Å²) < 4.78 is 36.7. The molecule has 4 aromatic rings. The van der Waals surface area contributed by atoms with E-state index in [1.54, 1.807) is 31.1 Å². The number of benzene rings is 2. The third kappa shape index (κ3) is 6.51. The van der Waals surface area contributed by atoms with Crippen LogP contribution < -0.4 is 14.4 Å². The predicted molar refractivity (Wildman–Crippen MR) is 200 cm³/mol. The number of rotatable bonds is 3. The second kappa shape index (κ2) is 13.5. The summed E-state index contributed by atoms with van der Waals surface area (Å²) in [6.07, 6.45) is 13.2. The molecular formula is C38H44ClN7O4S. The Morgan fingerprint density at radius 3 is 2.86 bits per heavy atom. The van der Waals surface area contributed by atoms with Crippen LogP contribution in [0.25, 0.3) is 11.0 Å². The molecule has 1 N–H and O–H groups in total. The lowest BCUT2D eigenvalue weighted by Gasteiger charge is -2.46. The molecule has 2 aliphatic carbocycles. The van der Waals surface area contributed by atoms with Gasteiger partial charge in [0.25, 0.3) is 5.91 Å². The van der Waals surface area contributed by atoms with Crippen LogP contribution in [0.3, 0.4) is 0 Å². The zero-order chi connectivity index (χ0) is 35.3. The number of aryl methyl sites for hydroxylation is 2. The molecule has 13 heteroatoms. The standard InChI is InChI=1S/C38H44ClN7O4S/c1-24-6-4-8-33(49-3)29-12-9-27(29)19-46-21-38(15-5-7-25-16-28(39)11-13-31(25)38)22-50-34-14-10-26(17-32(34)46)37(47)44-51(48,20-24)43-35-30-18-42-45(2)36(30)41-23-40-35/h4,8,10-11,13-14,16-18,23-24,27,29,33H,5-7,9,12,15,19-22H2,1-3H3,(H,40,41,43,44,47,48)/b8-4+/t24-,27-,29+,33-,38-,51+/m0/s1. The van der Waals surface area contributed by atoms with E-state index in [-0.39, 0.29) is 23.2 Å². The maximum atomic E-state index is 14.8. The number of nitrogens with one attached hydrogen (secondary N) is 1. The van der Waals surface area contributed by atoms with Crippen molar-refractivity contribution in [2.45, 2.75) is 57.0 Å². The minimum absolute atomic E-state index is 0.0296. The summed E-state index contributed by atoms with van der Waals surface area (Å²) in [5.41, 5.74) is 4.13. The number of methoxy groups -OCH3 is 1. The van der Waals surface area contributed by atoms with Crippen molar-refractivity contribution < 1.29 is 18.5 Å². The maximum Gasteiger partial charge on any atom is 0.286 e. The van der Waals surface area contributed by atoms with Crippen LogP contribution in [0.5, 0.6) is 5.75 Å². The molecule has 1 spiro atoms. The van der Waals surface area contributed by atoms with Crippen molar-refractivity contribution in [2.24, 2.45) is 29.2 Å². The summed E-state index contributed by atoms with van der Waals surface area (Å²) in [7, 11) is 0.216. The number of carbonyl (C=O) groups excluding carboxylic acids is 1. The van der Waals surface area contributed by atoms with Crippen LogP contribution in [0.2, 0.25) is 5.02 Å². The van der Waals surface area contributed by atoms with Gasteiger partial charge in [0.2, 0.25) is 0 Å². The van der Waals surface area contributed by atoms with Crippen molar-refractivity contribution in [3.05, 3.63) is 82.8 Å². The third-order valence-electron chi connectivity index (χ3n) is 11.3. The minimum Gasteiger partial charge on any atom is -0.490 e. The van der Waals surface area contributed by atoms with E-state index in [2.05, 4.69) is 53.3 Å². The first kappa shape index (κ1) is 34.1. The monoisotopic (exact) mass is 729 g/mol. The fourth-order valence-electron chi connectivity index (χ4n) is 8.56. The van der Waals surface area contributed by atoms with E-state index in [9.17, 15) is 9.00 Å². The van der Waals surface area contributed by atoms with E-state index in [1.807, 2.05) is 25.1 Å². The summed E-state index contributed by atoms with van der Waals surface area (Å²) in [4.78, 5) is 25.3. The summed E-state index contributed by atoms with van der Waals surface area (Å²) in [5, 5.41) is 5.64. The number of carbonyl (C=O) groups is 1.